The van der Waals surface area contributed by atoms with Crippen molar-refractivity contribution in [3.8, 4) is 0 Å². The molecule has 0 saturated heterocycles. The third-order valence-corrected chi connectivity index (χ3v) is 1.11. The number of aliphatic carboxylic acids is 1. The van der Waals surface area contributed by atoms with Crippen LogP contribution in [0.25, 0.3) is 0 Å². The summed E-state index contributed by atoms with van der Waals surface area (Å²) in [6.07, 6.45) is -6.42. The number of halogens is 4. The van der Waals surface area contributed by atoms with Crippen LogP contribution in [-0.4, -0.2) is 22.3 Å². The van der Waals surface area contributed by atoms with E-state index < -0.39 is 23.6 Å². The van der Waals surface area contributed by atoms with Crippen LogP contribution in [-0.2, 0) is 4.79 Å². The van der Waals surface area contributed by atoms with Gasteiger partial charge in [-0.25, -0.2) is 4.79 Å². The van der Waals surface area contributed by atoms with Crippen molar-refractivity contribution in [3.63, 3.8) is 0 Å². The largest absolute Gasteiger partial charge is 0.479 e. The molecule has 66 valence electrons. The van der Waals surface area contributed by atoms with E-state index in [2.05, 4.69) is 5.73 Å². The van der Waals surface area contributed by atoms with Crippen LogP contribution in [0.4, 0.5) is 13.2 Å². The second-order valence-electron chi connectivity index (χ2n) is 1.96. The zero-order valence-electron chi connectivity index (χ0n) is 5.15. The molecule has 1 atom stereocenters. The van der Waals surface area contributed by atoms with Crippen molar-refractivity contribution in [2.24, 2.45) is 5.73 Å². The lowest BCUT2D eigenvalue weighted by Crippen LogP contribution is -2.45. The minimum absolute atomic E-state index is 1.75. The molecule has 1 unspecified atom stereocenters. The zero-order chi connectivity index (χ0) is 9.28. The van der Waals surface area contributed by atoms with E-state index in [1.165, 1.54) is 0 Å². The van der Waals surface area contributed by atoms with Crippen molar-refractivity contribution in [1.82, 2.24) is 0 Å². The maximum atomic E-state index is 11.5. The van der Waals surface area contributed by atoms with Crippen molar-refractivity contribution in [1.29, 1.82) is 0 Å². The van der Waals surface area contributed by atoms with Crippen molar-refractivity contribution < 1.29 is 23.1 Å². The van der Waals surface area contributed by atoms with E-state index in [4.69, 9.17) is 16.7 Å². The summed E-state index contributed by atoms with van der Waals surface area (Å²) in [7, 11) is 0. The third kappa shape index (κ3) is 4.05. The number of rotatable bonds is 2. The Morgan fingerprint density at radius 2 is 1.91 bits per heavy atom. The number of hydrogen-bond acceptors (Lipinski definition) is 2. The Morgan fingerprint density at radius 1 is 1.55 bits per heavy atom. The van der Waals surface area contributed by atoms with E-state index >= 15 is 0 Å². The van der Waals surface area contributed by atoms with Crippen LogP contribution in [0.15, 0.2) is 0 Å². The zero-order valence-corrected chi connectivity index (χ0v) is 5.91. The maximum absolute atomic E-state index is 11.5. The summed E-state index contributed by atoms with van der Waals surface area (Å²) in [5.41, 5.74) is 4.59. The van der Waals surface area contributed by atoms with Crippen LogP contribution in [0.5, 0.6) is 0 Å². The average molecular weight is 192 g/mol. The predicted octanol–water partition coefficient (Wildman–Crippen LogP) is 0.917. The first kappa shape index (κ1) is 10.5. The highest BCUT2D eigenvalue weighted by Gasteiger charge is 2.43. The van der Waals surface area contributed by atoms with Gasteiger partial charge in [-0.1, -0.05) is 11.6 Å². The van der Waals surface area contributed by atoms with Gasteiger partial charge in [0.2, 0.25) is 0 Å². The molecule has 11 heavy (non-hydrogen) atoms. The van der Waals surface area contributed by atoms with Gasteiger partial charge in [0.1, 0.15) is 0 Å². The van der Waals surface area contributed by atoms with E-state index in [0.717, 1.165) is 0 Å². The lowest BCUT2D eigenvalue weighted by molar-refractivity contribution is -0.159. The molecule has 0 aliphatic heterocycles. The van der Waals surface area contributed by atoms with Gasteiger partial charge in [-0.2, -0.15) is 13.2 Å². The van der Waals surface area contributed by atoms with Gasteiger partial charge < -0.3 is 10.8 Å². The van der Waals surface area contributed by atoms with Crippen molar-refractivity contribution in [2.75, 3.05) is 0 Å². The summed E-state index contributed by atoms with van der Waals surface area (Å²) in [4.78, 5) is 7.19. The van der Waals surface area contributed by atoms with Gasteiger partial charge in [0.05, 0.1) is 6.42 Å². The molecular weight excluding hydrogens is 186 g/mol. The number of carboxylic acids is 1. The minimum atomic E-state index is -4.67. The van der Waals surface area contributed by atoms with E-state index in [1.807, 2.05) is 0 Å². The highest BCUT2D eigenvalue weighted by atomic mass is 35.5. The summed E-state index contributed by atoms with van der Waals surface area (Å²) in [6, 6.07) is 0. The lowest BCUT2D eigenvalue weighted by Gasteiger charge is -2.17. The molecule has 0 radical (unpaired) electrons. The maximum Gasteiger partial charge on any atom is 0.392 e. The topological polar surface area (TPSA) is 63.3 Å². The summed E-state index contributed by atoms with van der Waals surface area (Å²) in [5, 5.41) is 8.05. The van der Waals surface area contributed by atoms with Gasteiger partial charge in [-0.15, -0.1) is 0 Å². The van der Waals surface area contributed by atoms with E-state index in [1.54, 1.807) is 0 Å². The summed E-state index contributed by atoms with van der Waals surface area (Å²) < 4.78 is 34.5. The van der Waals surface area contributed by atoms with Crippen molar-refractivity contribution in [2.45, 2.75) is 17.6 Å². The van der Waals surface area contributed by atoms with E-state index in [9.17, 15) is 18.0 Å². The first-order chi connectivity index (χ1) is 4.65. The molecule has 0 aromatic rings. The van der Waals surface area contributed by atoms with Crippen molar-refractivity contribution >= 4 is 17.6 Å². The first-order valence-corrected chi connectivity index (χ1v) is 2.81. The van der Waals surface area contributed by atoms with Gasteiger partial charge >= 0.3 is 12.1 Å². The first-order valence-electron chi connectivity index (χ1n) is 2.43. The highest BCUT2D eigenvalue weighted by Crippen LogP contribution is 2.28. The second kappa shape index (κ2) is 2.86. The lowest BCUT2D eigenvalue weighted by atomic mass is 10.2. The number of alkyl halides is 4. The van der Waals surface area contributed by atoms with Gasteiger partial charge in [0.25, 0.3) is 0 Å². The summed E-state index contributed by atoms with van der Waals surface area (Å²) in [6.45, 7) is 0. The molecule has 0 rings (SSSR count). The van der Waals surface area contributed by atoms with E-state index in [0.29, 0.717) is 0 Å². The smallest absolute Gasteiger partial charge is 0.392 e. The monoisotopic (exact) mass is 191 g/mol. The molecule has 0 aliphatic carbocycles. The highest BCUT2D eigenvalue weighted by molar-refractivity contribution is 6.33. The molecule has 0 heterocycles. The Bertz CT molecular complexity index is 167. The summed E-state index contributed by atoms with van der Waals surface area (Å²) >= 11 is 4.81. The number of carboxylic acid groups (broad SMARTS) is 1. The van der Waals surface area contributed by atoms with Gasteiger partial charge in [-0.3, -0.25) is 0 Å². The van der Waals surface area contributed by atoms with Crippen LogP contribution in [0.2, 0.25) is 0 Å². The fourth-order valence-electron chi connectivity index (χ4n) is 0.367. The van der Waals surface area contributed by atoms with Crippen LogP contribution in [0.3, 0.4) is 0 Å². The molecule has 0 aliphatic rings. The molecule has 0 spiro atoms. The van der Waals surface area contributed by atoms with E-state index in [-0.39, 0.29) is 0 Å². The number of carbonyl (C=O) groups is 1. The SMILES string of the molecule is NC(Cl)(CC(F)(F)F)C(=O)O. The quantitative estimate of drug-likeness (QED) is 0.504. The molecule has 3 N–H and O–H groups in total. The molecular formula is C4H5ClF3NO2. The average Bonchev–Trinajstić information content (AvgIpc) is 1.56. The standard InChI is InChI=1S/C4H5ClF3NO2/c5-3(9,2(10)11)1-4(6,7)8/h1,9H2,(H,10,11). The van der Waals surface area contributed by atoms with Crippen LogP contribution >= 0.6 is 11.6 Å². The summed E-state index contributed by atoms with van der Waals surface area (Å²) in [5.74, 6) is -1.89. The number of nitrogens with two attached hydrogens (primary N) is 1. The van der Waals surface area contributed by atoms with Crippen LogP contribution < -0.4 is 5.73 Å². The number of hydrogen-bond donors (Lipinski definition) is 2. The fraction of sp³-hybridized carbons (Fsp3) is 0.750. The Balaban J connectivity index is 4.25. The Kier molecular flexibility index (Phi) is 2.74. The minimum Gasteiger partial charge on any atom is -0.479 e. The van der Waals surface area contributed by atoms with Gasteiger partial charge in [-0.05, 0) is 0 Å². The van der Waals surface area contributed by atoms with Crippen molar-refractivity contribution in [3.05, 3.63) is 0 Å². The molecule has 7 heteroatoms. The third-order valence-electron chi connectivity index (χ3n) is 0.813. The second-order valence-corrected chi connectivity index (χ2v) is 2.63. The molecule has 0 saturated carbocycles. The van der Waals surface area contributed by atoms with Gasteiger partial charge in [0, 0.05) is 0 Å². The fourth-order valence-corrected chi connectivity index (χ4v) is 0.519. The van der Waals surface area contributed by atoms with Gasteiger partial charge in [0.15, 0.2) is 5.00 Å². The molecule has 3 nitrogen and oxygen atoms in total. The molecule has 0 amide bonds. The molecule has 0 aromatic heterocycles. The predicted molar refractivity (Wildman–Crippen MR) is 31.1 cm³/mol. The molecule has 0 fully saturated rings. The molecule has 0 bridgehead atoms. The Morgan fingerprint density at radius 3 is 2.00 bits per heavy atom. The van der Waals surface area contributed by atoms with Crippen LogP contribution in [0, 0.1) is 0 Å². The molecule has 0 aromatic carbocycles. The normalized spacial score (nSPS) is 17.5. The Labute approximate surface area is 64.9 Å². The van der Waals surface area contributed by atoms with Crippen LogP contribution in [0.1, 0.15) is 6.42 Å². The Hall–Kier alpha value is -0.490.